The zero-order chi connectivity index (χ0) is 25.3. The van der Waals surface area contributed by atoms with Crippen LogP contribution in [0.15, 0.2) is 96.2 Å². The molecule has 1 aromatic heterocycles. The van der Waals surface area contributed by atoms with Gasteiger partial charge in [0.1, 0.15) is 0 Å². The Morgan fingerprint density at radius 1 is 0.750 bits per heavy atom. The Hall–Kier alpha value is -4.90. The minimum atomic E-state index is -3.90. The number of carbonyl (C=O) groups excluding carboxylic acids is 3. The van der Waals surface area contributed by atoms with E-state index < -0.39 is 27.7 Å². The molecule has 2 heterocycles. The number of benzene rings is 3. The lowest BCUT2D eigenvalue weighted by Gasteiger charge is -2.14. The maximum Gasteiger partial charge on any atom is 0.266 e. The molecule has 3 amide bonds. The molecule has 0 bridgehead atoms. The normalized spacial score (nSPS) is 12.8. The molecule has 0 saturated heterocycles. The van der Waals surface area contributed by atoms with E-state index in [-0.39, 0.29) is 16.4 Å². The van der Waals surface area contributed by atoms with Crippen LogP contribution in [0.2, 0.25) is 0 Å². The number of hydrogen-bond acceptors (Lipinski definition) is 7. The van der Waals surface area contributed by atoms with Crippen LogP contribution in [0.5, 0.6) is 0 Å². The number of imide groups is 1. The lowest BCUT2D eigenvalue weighted by atomic mass is 10.1. The molecule has 2 N–H and O–H groups in total. The summed E-state index contributed by atoms with van der Waals surface area (Å²) in [6, 6.07) is 19.7. The molecule has 0 saturated carbocycles. The minimum Gasteiger partial charge on any atom is -0.322 e. The van der Waals surface area contributed by atoms with Gasteiger partial charge in [-0.05, 0) is 66.7 Å². The first kappa shape index (κ1) is 22.9. The van der Waals surface area contributed by atoms with E-state index >= 15 is 0 Å². The number of aromatic nitrogens is 2. The monoisotopic (exact) mass is 499 g/mol. The fraction of sp³-hybridized carbons (Fsp3) is 0. The first-order chi connectivity index (χ1) is 17.3. The van der Waals surface area contributed by atoms with Crippen molar-refractivity contribution in [3.63, 3.8) is 0 Å². The van der Waals surface area contributed by atoms with Crippen molar-refractivity contribution in [1.82, 2.24) is 9.97 Å². The molecule has 3 aromatic carbocycles. The molecule has 1 aliphatic rings. The standard InChI is InChI=1S/C25H17N5O5S/c31-22(28-17-8-12-19(13-9-17)36(34,35)29-25-26-14-3-15-27-25)16-6-10-18(11-7-16)30-23(32)20-4-1-2-5-21(20)24(30)33/h1-15H,(H,28,31)(H,26,27,29). The van der Waals surface area contributed by atoms with E-state index in [4.69, 9.17) is 0 Å². The second-order valence-electron chi connectivity index (χ2n) is 7.69. The van der Waals surface area contributed by atoms with Gasteiger partial charge in [0.15, 0.2) is 0 Å². The van der Waals surface area contributed by atoms with E-state index in [1.54, 1.807) is 30.3 Å². The summed E-state index contributed by atoms with van der Waals surface area (Å²) in [4.78, 5) is 46.7. The first-order valence-electron chi connectivity index (χ1n) is 10.6. The first-order valence-corrected chi connectivity index (χ1v) is 12.1. The molecule has 0 spiro atoms. The molecule has 0 unspecified atom stereocenters. The van der Waals surface area contributed by atoms with Crippen molar-refractivity contribution >= 4 is 45.1 Å². The Kier molecular flexibility index (Phi) is 5.74. The van der Waals surface area contributed by atoms with Crippen molar-refractivity contribution in [2.24, 2.45) is 0 Å². The number of nitrogens with zero attached hydrogens (tertiary/aromatic N) is 3. The van der Waals surface area contributed by atoms with Gasteiger partial charge in [-0.25, -0.2) is 28.0 Å². The van der Waals surface area contributed by atoms with Crippen LogP contribution in [0.4, 0.5) is 17.3 Å². The van der Waals surface area contributed by atoms with E-state index in [9.17, 15) is 22.8 Å². The van der Waals surface area contributed by atoms with Crippen LogP contribution in [0.1, 0.15) is 31.1 Å². The second kappa shape index (κ2) is 9.04. The van der Waals surface area contributed by atoms with Gasteiger partial charge in [0, 0.05) is 23.6 Å². The smallest absolute Gasteiger partial charge is 0.266 e. The quantitative estimate of drug-likeness (QED) is 0.388. The summed E-state index contributed by atoms with van der Waals surface area (Å²) >= 11 is 0. The predicted octanol–water partition coefficient (Wildman–Crippen LogP) is 3.33. The highest BCUT2D eigenvalue weighted by atomic mass is 32.2. The van der Waals surface area contributed by atoms with E-state index in [2.05, 4.69) is 20.0 Å². The second-order valence-corrected chi connectivity index (χ2v) is 9.38. The zero-order valence-corrected chi connectivity index (χ0v) is 19.3. The number of sulfonamides is 1. The average Bonchev–Trinajstić information content (AvgIpc) is 3.14. The van der Waals surface area contributed by atoms with Gasteiger partial charge in [0.25, 0.3) is 27.7 Å². The van der Waals surface area contributed by atoms with E-state index in [1.807, 2.05) is 0 Å². The third-order valence-electron chi connectivity index (χ3n) is 5.40. The van der Waals surface area contributed by atoms with Gasteiger partial charge in [-0.3, -0.25) is 14.4 Å². The van der Waals surface area contributed by atoms with Gasteiger partial charge < -0.3 is 5.32 Å². The summed E-state index contributed by atoms with van der Waals surface area (Å²) in [5, 5.41) is 2.68. The molecule has 0 aliphatic carbocycles. The van der Waals surface area contributed by atoms with Gasteiger partial charge in [-0.1, -0.05) is 12.1 Å². The third kappa shape index (κ3) is 4.30. The Bertz CT molecular complexity index is 1550. The van der Waals surface area contributed by atoms with Gasteiger partial charge in [-0.15, -0.1) is 0 Å². The summed E-state index contributed by atoms with van der Waals surface area (Å²) < 4.78 is 27.2. The topological polar surface area (TPSA) is 138 Å². The molecule has 1 aliphatic heterocycles. The highest BCUT2D eigenvalue weighted by molar-refractivity contribution is 7.92. The summed E-state index contributed by atoms with van der Waals surface area (Å²) in [6.45, 7) is 0. The SMILES string of the molecule is O=C(Nc1ccc(S(=O)(=O)Nc2ncccn2)cc1)c1ccc(N2C(=O)c3ccccc3C2=O)cc1. The predicted molar refractivity (Wildman–Crippen MR) is 131 cm³/mol. The molecule has 0 fully saturated rings. The summed E-state index contributed by atoms with van der Waals surface area (Å²) in [5.74, 6) is -1.35. The summed E-state index contributed by atoms with van der Waals surface area (Å²) in [6.07, 6.45) is 2.83. The van der Waals surface area contributed by atoms with Crippen molar-refractivity contribution < 1.29 is 22.8 Å². The van der Waals surface area contributed by atoms with Crippen LogP contribution in [0.25, 0.3) is 0 Å². The Balaban J connectivity index is 1.26. The molecule has 10 nitrogen and oxygen atoms in total. The largest absolute Gasteiger partial charge is 0.322 e. The van der Waals surface area contributed by atoms with Gasteiger partial charge in [-0.2, -0.15) is 0 Å². The van der Waals surface area contributed by atoms with E-state index in [1.165, 1.54) is 60.9 Å². The van der Waals surface area contributed by atoms with Crippen molar-refractivity contribution in [1.29, 1.82) is 0 Å². The fourth-order valence-electron chi connectivity index (χ4n) is 3.64. The third-order valence-corrected chi connectivity index (χ3v) is 6.74. The van der Waals surface area contributed by atoms with Crippen molar-refractivity contribution in [2.45, 2.75) is 4.90 Å². The molecule has 4 aromatic rings. The highest BCUT2D eigenvalue weighted by Crippen LogP contribution is 2.28. The molecule has 36 heavy (non-hydrogen) atoms. The Morgan fingerprint density at radius 3 is 1.92 bits per heavy atom. The Labute approximate surface area is 205 Å². The molecule has 11 heteroatoms. The van der Waals surface area contributed by atoms with E-state index in [0.717, 1.165) is 4.90 Å². The molecular formula is C25H17N5O5S. The van der Waals surface area contributed by atoms with Crippen LogP contribution in [0, 0.1) is 0 Å². The minimum absolute atomic E-state index is 0.0294. The maximum absolute atomic E-state index is 12.7. The number of amides is 3. The fourth-order valence-corrected chi connectivity index (χ4v) is 4.60. The number of hydrogen-bond donors (Lipinski definition) is 2. The van der Waals surface area contributed by atoms with Gasteiger partial charge >= 0.3 is 0 Å². The lowest BCUT2D eigenvalue weighted by molar-refractivity contribution is 0.0925. The number of anilines is 3. The molecule has 0 atom stereocenters. The highest BCUT2D eigenvalue weighted by Gasteiger charge is 2.36. The van der Waals surface area contributed by atoms with Crippen molar-refractivity contribution in [2.75, 3.05) is 14.9 Å². The maximum atomic E-state index is 12.7. The summed E-state index contributed by atoms with van der Waals surface area (Å²) in [7, 11) is -3.90. The van der Waals surface area contributed by atoms with Crippen LogP contribution in [-0.2, 0) is 10.0 Å². The number of nitrogens with one attached hydrogen (secondary N) is 2. The van der Waals surface area contributed by atoms with Crippen LogP contribution in [-0.4, -0.2) is 36.1 Å². The number of fused-ring (bicyclic) bond motifs is 1. The van der Waals surface area contributed by atoms with Crippen LogP contribution >= 0.6 is 0 Å². The summed E-state index contributed by atoms with van der Waals surface area (Å²) in [5.41, 5.74) is 1.68. The zero-order valence-electron chi connectivity index (χ0n) is 18.5. The van der Waals surface area contributed by atoms with Crippen LogP contribution in [0.3, 0.4) is 0 Å². The average molecular weight is 500 g/mol. The van der Waals surface area contributed by atoms with Gasteiger partial charge in [0.2, 0.25) is 5.95 Å². The molecular weight excluding hydrogens is 482 g/mol. The molecule has 0 radical (unpaired) electrons. The van der Waals surface area contributed by atoms with Crippen LogP contribution < -0.4 is 14.9 Å². The Morgan fingerprint density at radius 2 is 1.33 bits per heavy atom. The van der Waals surface area contributed by atoms with Crippen molar-refractivity contribution in [3.05, 3.63) is 108 Å². The number of carbonyl (C=O) groups is 3. The molecule has 5 rings (SSSR count). The molecule has 178 valence electrons. The van der Waals surface area contributed by atoms with Crippen molar-refractivity contribution in [3.8, 4) is 0 Å². The van der Waals surface area contributed by atoms with E-state index in [0.29, 0.717) is 22.5 Å². The number of rotatable bonds is 6. The lowest BCUT2D eigenvalue weighted by Crippen LogP contribution is -2.29. The van der Waals surface area contributed by atoms with Gasteiger partial charge in [0.05, 0.1) is 21.7 Å².